The molecule has 15 heavy (non-hydrogen) atoms. The molecule has 0 aromatic heterocycles. The molecule has 0 radical (unpaired) electrons. The van der Waals surface area contributed by atoms with Gasteiger partial charge in [0, 0.05) is 6.61 Å². The van der Waals surface area contributed by atoms with Crippen LogP contribution in [-0.2, 0) is 4.74 Å². The highest BCUT2D eigenvalue weighted by atomic mass is 16.5. The van der Waals surface area contributed by atoms with E-state index < -0.39 is 0 Å². The average molecular weight is 200 g/mol. The molecule has 2 rings (SSSR count). The van der Waals surface area contributed by atoms with E-state index in [2.05, 4.69) is 49.4 Å². The fourth-order valence-electron chi connectivity index (χ4n) is 1.94. The second-order valence-electron chi connectivity index (χ2n) is 3.67. The van der Waals surface area contributed by atoms with Crippen LogP contribution in [0.1, 0.15) is 25.5 Å². The van der Waals surface area contributed by atoms with E-state index >= 15 is 0 Å². The third kappa shape index (κ3) is 2.02. The molecule has 1 nitrogen and oxygen atoms in total. The molecule has 0 heterocycles. The van der Waals surface area contributed by atoms with Gasteiger partial charge in [-0.05, 0) is 30.2 Å². The van der Waals surface area contributed by atoms with Crippen molar-refractivity contribution in [2.75, 3.05) is 6.61 Å². The molecule has 78 valence electrons. The van der Waals surface area contributed by atoms with Gasteiger partial charge >= 0.3 is 0 Å². The molecule has 0 spiro atoms. The Labute approximate surface area is 90.7 Å². The molecule has 1 unspecified atom stereocenters. The van der Waals surface area contributed by atoms with Crippen LogP contribution in [0.4, 0.5) is 0 Å². The standard InChI is InChI=1S/C14H16O/c1-3-15-11(2)13-10-6-8-12-7-4-5-9-14(12)13/h4-11H,3H2,1-2H3. The lowest BCUT2D eigenvalue weighted by atomic mass is 10.0. The highest BCUT2D eigenvalue weighted by Crippen LogP contribution is 2.25. The summed E-state index contributed by atoms with van der Waals surface area (Å²) < 4.78 is 5.64. The molecular weight excluding hydrogens is 184 g/mol. The van der Waals surface area contributed by atoms with Crippen LogP contribution in [0, 0.1) is 0 Å². The van der Waals surface area contributed by atoms with Gasteiger partial charge in [0.1, 0.15) is 0 Å². The smallest absolute Gasteiger partial charge is 0.0802 e. The summed E-state index contributed by atoms with van der Waals surface area (Å²) in [5, 5.41) is 2.57. The summed E-state index contributed by atoms with van der Waals surface area (Å²) in [4.78, 5) is 0. The van der Waals surface area contributed by atoms with Gasteiger partial charge < -0.3 is 4.74 Å². The van der Waals surface area contributed by atoms with Gasteiger partial charge in [-0.1, -0.05) is 42.5 Å². The monoisotopic (exact) mass is 200 g/mol. The topological polar surface area (TPSA) is 9.23 Å². The van der Waals surface area contributed by atoms with E-state index in [9.17, 15) is 0 Å². The maximum atomic E-state index is 5.64. The molecule has 0 bridgehead atoms. The Kier molecular flexibility index (Phi) is 3.02. The molecular formula is C14H16O. The Morgan fingerprint density at radius 3 is 2.60 bits per heavy atom. The van der Waals surface area contributed by atoms with Crippen molar-refractivity contribution in [3.05, 3.63) is 48.0 Å². The summed E-state index contributed by atoms with van der Waals surface area (Å²) in [6, 6.07) is 14.8. The van der Waals surface area contributed by atoms with Crippen molar-refractivity contribution in [3.8, 4) is 0 Å². The zero-order chi connectivity index (χ0) is 10.7. The summed E-state index contributed by atoms with van der Waals surface area (Å²) in [6.45, 7) is 4.89. The van der Waals surface area contributed by atoms with E-state index in [1.54, 1.807) is 0 Å². The molecule has 0 aliphatic heterocycles. The van der Waals surface area contributed by atoms with Crippen LogP contribution in [0.3, 0.4) is 0 Å². The lowest BCUT2D eigenvalue weighted by molar-refractivity contribution is 0.0774. The third-order valence-corrected chi connectivity index (χ3v) is 2.68. The van der Waals surface area contributed by atoms with Gasteiger partial charge in [-0.2, -0.15) is 0 Å². The van der Waals surface area contributed by atoms with Crippen molar-refractivity contribution in [2.24, 2.45) is 0 Å². The summed E-state index contributed by atoms with van der Waals surface area (Å²) in [7, 11) is 0. The molecule has 1 heteroatoms. The lowest BCUT2D eigenvalue weighted by Gasteiger charge is -2.14. The first kappa shape index (κ1) is 10.2. The first-order chi connectivity index (χ1) is 7.33. The Balaban J connectivity index is 2.50. The number of benzene rings is 2. The molecule has 0 aliphatic rings. The average Bonchev–Trinajstić information content (AvgIpc) is 2.28. The third-order valence-electron chi connectivity index (χ3n) is 2.68. The van der Waals surface area contributed by atoms with Gasteiger partial charge in [0.25, 0.3) is 0 Å². The molecule has 0 saturated heterocycles. The zero-order valence-corrected chi connectivity index (χ0v) is 9.23. The second kappa shape index (κ2) is 4.45. The second-order valence-corrected chi connectivity index (χ2v) is 3.67. The number of ether oxygens (including phenoxy) is 1. The fourth-order valence-corrected chi connectivity index (χ4v) is 1.94. The van der Waals surface area contributed by atoms with Gasteiger partial charge in [0.05, 0.1) is 6.10 Å². The summed E-state index contributed by atoms with van der Waals surface area (Å²) in [5.74, 6) is 0. The minimum atomic E-state index is 0.168. The quantitative estimate of drug-likeness (QED) is 0.729. The van der Waals surface area contributed by atoms with Crippen molar-refractivity contribution in [1.29, 1.82) is 0 Å². The van der Waals surface area contributed by atoms with Crippen molar-refractivity contribution in [3.63, 3.8) is 0 Å². The van der Waals surface area contributed by atoms with E-state index in [1.165, 1.54) is 16.3 Å². The lowest BCUT2D eigenvalue weighted by Crippen LogP contribution is -1.99. The zero-order valence-electron chi connectivity index (χ0n) is 9.23. The Hall–Kier alpha value is -1.34. The predicted octanol–water partition coefficient (Wildman–Crippen LogP) is 3.94. The molecule has 0 amide bonds. The molecule has 2 aromatic carbocycles. The number of rotatable bonds is 3. The number of fused-ring (bicyclic) bond motifs is 1. The van der Waals surface area contributed by atoms with Crippen LogP contribution in [0.2, 0.25) is 0 Å². The normalized spacial score (nSPS) is 12.9. The maximum absolute atomic E-state index is 5.64. The van der Waals surface area contributed by atoms with Crippen LogP contribution < -0.4 is 0 Å². The summed E-state index contributed by atoms with van der Waals surface area (Å²) in [6.07, 6.45) is 0.168. The van der Waals surface area contributed by atoms with Gasteiger partial charge in [0.2, 0.25) is 0 Å². The summed E-state index contributed by atoms with van der Waals surface area (Å²) >= 11 is 0. The predicted molar refractivity (Wildman–Crippen MR) is 64.0 cm³/mol. The Bertz CT molecular complexity index is 443. The summed E-state index contributed by atoms with van der Waals surface area (Å²) in [5.41, 5.74) is 1.27. The van der Waals surface area contributed by atoms with Crippen molar-refractivity contribution in [1.82, 2.24) is 0 Å². The molecule has 0 aliphatic carbocycles. The number of hydrogen-bond donors (Lipinski definition) is 0. The van der Waals surface area contributed by atoms with Crippen LogP contribution in [0.5, 0.6) is 0 Å². The highest BCUT2D eigenvalue weighted by Gasteiger charge is 2.07. The minimum Gasteiger partial charge on any atom is -0.374 e. The van der Waals surface area contributed by atoms with E-state index in [-0.39, 0.29) is 6.10 Å². The molecule has 2 aromatic rings. The van der Waals surface area contributed by atoms with E-state index in [0.29, 0.717) is 0 Å². The van der Waals surface area contributed by atoms with Gasteiger partial charge in [-0.15, -0.1) is 0 Å². The van der Waals surface area contributed by atoms with Crippen LogP contribution in [-0.4, -0.2) is 6.61 Å². The Morgan fingerprint density at radius 1 is 1.07 bits per heavy atom. The molecule has 0 saturated carbocycles. The SMILES string of the molecule is CCOC(C)c1cccc2ccccc12. The van der Waals surface area contributed by atoms with E-state index in [4.69, 9.17) is 4.74 Å². The van der Waals surface area contributed by atoms with Gasteiger partial charge in [-0.3, -0.25) is 0 Å². The highest BCUT2D eigenvalue weighted by molar-refractivity contribution is 5.85. The first-order valence-corrected chi connectivity index (χ1v) is 5.42. The largest absolute Gasteiger partial charge is 0.374 e. The van der Waals surface area contributed by atoms with Crippen LogP contribution in [0.15, 0.2) is 42.5 Å². The first-order valence-electron chi connectivity index (χ1n) is 5.42. The van der Waals surface area contributed by atoms with Gasteiger partial charge in [0.15, 0.2) is 0 Å². The Morgan fingerprint density at radius 2 is 1.80 bits per heavy atom. The van der Waals surface area contributed by atoms with Gasteiger partial charge in [-0.25, -0.2) is 0 Å². The molecule has 0 N–H and O–H groups in total. The van der Waals surface area contributed by atoms with Crippen molar-refractivity contribution in [2.45, 2.75) is 20.0 Å². The van der Waals surface area contributed by atoms with Crippen molar-refractivity contribution >= 4 is 10.8 Å². The minimum absolute atomic E-state index is 0.168. The van der Waals surface area contributed by atoms with Crippen LogP contribution in [0.25, 0.3) is 10.8 Å². The van der Waals surface area contributed by atoms with Crippen LogP contribution >= 0.6 is 0 Å². The molecule has 0 fully saturated rings. The number of hydrogen-bond acceptors (Lipinski definition) is 1. The van der Waals surface area contributed by atoms with E-state index in [0.717, 1.165) is 6.61 Å². The maximum Gasteiger partial charge on any atom is 0.0802 e. The van der Waals surface area contributed by atoms with Crippen molar-refractivity contribution < 1.29 is 4.74 Å². The van der Waals surface area contributed by atoms with E-state index in [1.807, 2.05) is 6.92 Å². The fraction of sp³-hybridized carbons (Fsp3) is 0.286. The molecule has 1 atom stereocenters.